The third-order valence-corrected chi connectivity index (χ3v) is 7.36. The van der Waals surface area contributed by atoms with Gasteiger partial charge in [0.15, 0.2) is 5.58 Å². The maximum absolute atomic E-state index is 13.6. The van der Waals surface area contributed by atoms with E-state index in [9.17, 15) is 19.2 Å². The van der Waals surface area contributed by atoms with Crippen molar-refractivity contribution in [2.24, 2.45) is 5.92 Å². The van der Waals surface area contributed by atoms with E-state index in [1.165, 1.54) is 0 Å². The van der Waals surface area contributed by atoms with Crippen molar-refractivity contribution in [2.45, 2.75) is 52.6 Å². The van der Waals surface area contributed by atoms with E-state index in [0.717, 1.165) is 11.7 Å². The van der Waals surface area contributed by atoms with Gasteiger partial charge in [0.25, 0.3) is 11.4 Å². The zero-order valence-corrected chi connectivity index (χ0v) is 26.2. The Morgan fingerprint density at radius 2 is 1.65 bits per heavy atom. The number of para-hydroxylation sites is 2. The molecule has 1 atom stereocenters. The number of ketones is 1. The lowest BCUT2D eigenvalue weighted by Crippen LogP contribution is -2.47. The lowest BCUT2D eigenvalue weighted by atomic mass is 9.93. The number of Topliss-reactive ketones (excluding diaryl/α,β-unsaturated/α-hetero) is 1. The summed E-state index contributed by atoms with van der Waals surface area (Å²) in [5, 5.41) is 13.2. The Morgan fingerprint density at radius 1 is 0.957 bits per heavy atom. The van der Waals surface area contributed by atoms with Crippen LogP contribution >= 0.6 is 0 Å². The molecule has 0 aliphatic heterocycles. The summed E-state index contributed by atoms with van der Waals surface area (Å²) >= 11 is 0. The van der Waals surface area contributed by atoms with Gasteiger partial charge in [0.2, 0.25) is 23.5 Å². The van der Waals surface area contributed by atoms with Crippen molar-refractivity contribution in [1.29, 1.82) is 0 Å². The molecular formula is C32H33N7O7. The maximum Gasteiger partial charge on any atom is 0.411 e. The van der Waals surface area contributed by atoms with Crippen LogP contribution in [0.15, 0.2) is 68.2 Å². The van der Waals surface area contributed by atoms with Crippen LogP contribution < -0.4 is 16.2 Å². The van der Waals surface area contributed by atoms with E-state index in [-0.39, 0.29) is 29.0 Å². The predicted octanol–water partition coefficient (Wildman–Crippen LogP) is 4.27. The van der Waals surface area contributed by atoms with Gasteiger partial charge in [0.05, 0.1) is 18.8 Å². The normalized spacial score (nSPS) is 12.2. The molecule has 5 aromatic rings. The molecular weight excluding hydrogens is 594 g/mol. The molecule has 0 spiro atoms. The summed E-state index contributed by atoms with van der Waals surface area (Å²) in [7, 11) is 1.16. The summed E-state index contributed by atoms with van der Waals surface area (Å²) in [6.45, 7) is 8.10. The zero-order chi connectivity index (χ0) is 33.2. The van der Waals surface area contributed by atoms with E-state index in [1.54, 1.807) is 71.0 Å². The summed E-state index contributed by atoms with van der Waals surface area (Å²) in [4.78, 5) is 61.6. The van der Waals surface area contributed by atoms with Gasteiger partial charge in [-0.05, 0) is 38.8 Å². The fourth-order valence-corrected chi connectivity index (χ4v) is 4.75. The lowest BCUT2D eigenvalue weighted by molar-refractivity contribution is -0.122. The Bertz CT molecular complexity index is 1940. The standard InChI is InChI=1S/C32H33N7O7/c1-17(2)23(25(41)27-37-38-30(46-27)32(4,5)29-34-20-14-10-11-15-21(20)45-29)35-22(40)16-39-26(19-12-8-7-9-13-19)33-18(3)24(28(39)42)36-31(43)44-6/h7-15,17,23H,16H2,1-6H3,(H,35,40)(H,36,43)/t23-/m0/s1. The van der Waals surface area contributed by atoms with Crippen LogP contribution in [0.2, 0.25) is 0 Å². The molecule has 14 nitrogen and oxygen atoms in total. The minimum Gasteiger partial charge on any atom is -0.453 e. The fourth-order valence-electron chi connectivity index (χ4n) is 4.75. The van der Waals surface area contributed by atoms with Crippen LogP contribution in [0.3, 0.4) is 0 Å². The molecule has 0 radical (unpaired) electrons. The molecule has 0 fully saturated rings. The number of aryl methyl sites for hydroxylation is 1. The van der Waals surface area contributed by atoms with E-state index in [0.29, 0.717) is 22.6 Å². The lowest BCUT2D eigenvalue weighted by Gasteiger charge is -2.21. The van der Waals surface area contributed by atoms with Crippen molar-refractivity contribution < 1.29 is 28.0 Å². The molecule has 238 valence electrons. The second kappa shape index (κ2) is 12.8. The molecule has 3 aromatic heterocycles. The van der Waals surface area contributed by atoms with Gasteiger partial charge in [0.1, 0.15) is 29.0 Å². The van der Waals surface area contributed by atoms with Crippen LogP contribution in [-0.4, -0.2) is 55.7 Å². The first-order chi connectivity index (χ1) is 21.9. The molecule has 0 bridgehead atoms. The highest BCUT2D eigenvalue weighted by Crippen LogP contribution is 2.32. The molecule has 0 aliphatic rings. The number of carbonyl (C=O) groups excluding carboxylic acids is 3. The molecule has 2 amide bonds. The van der Waals surface area contributed by atoms with Crippen LogP contribution in [0.1, 0.15) is 55.9 Å². The van der Waals surface area contributed by atoms with Gasteiger partial charge in [-0.3, -0.25) is 24.3 Å². The van der Waals surface area contributed by atoms with E-state index in [2.05, 4.69) is 35.5 Å². The Morgan fingerprint density at radius 3 is 2.33 bits per heavy atom. The summed E-state index contributed by atoms with van der Waals surface area (Å²) in [5.74, 6) is -1.33. The van der Waals surface area contributed by atoms with Crippen molar-refractivity contribution >= 4 is 34.6 Å². The number of aromatic nitrogens is 5. The van der Waals surface area contributed by atoms with Gasteiger partial charge in [-0.1, -0.05) is 56.3 Å². The van der Waals surface area contributed by atoms with Crippen LogP contribution in [0.4, 0.5) is 10.5 Å². The largest absolute Gasteiger partial charge is 0.453 e. The average molecular weight is 628 g/mol. The Hall–Kier alpha value is -5.66. The van der Waals surface area contributed by atoms with E-state index >= 15 is 0 Å². The number of rotatable bonds is 10. The quantitative estimate of drug-likeness (QED) is 0.211. The number of hydrogen-bond acceptors (Lipinski definition) is 11. The summed E-state index contributed by atoms with van der Waals surface area (Å²) in [5.41, 5.74) is 0.263. The summed E-state index contributed by atoms with van der Waals surface area (Å²) < 4.78 is 17.5. The Kier molecular flexibility index (Phi) is 8.80. The second-order valence-corrected chi connectivity index (χ2v) is 11.4. The molecule has 2 N–H and O–H groups in total. The number of hydrogen-bond donors (Lipinski definition) is 2. The molecule has 0 unspecified atom stereocenters. The van der Waals surface area contributed by atoms with Gasteiger partial charge < -0.3 is 18.9 Å². The summed E-state index contributed by atoms with van der Waals surface area (Å²) in [6.07, 6.45) is -0.867. The van der Waals surface area contributed by atoms with E-state index in [4.69, 9.17) is 8.83 Å². The number of nitrogens with zero attached hydrogens (tertiary/aromatic N) is 5. The number of ether oxygens (including phenoxy) is 1. The van der Waals surface area contributed by atoms with E-state index in [1.807, 2.05) is 18.2 Å². The molecule has 0 aliphatic carbocycles. The number of methoxy groups -OCH3 is 1. The number of amides is 2. The van der Waals surface area contributed by atoms with Crippen LogP contribution in [0.25, 0.3) is 22.5 Å². The van der Waals surface area contributed by atoms with Crippen LogP contribution in [-0.2, 0) is 21.5 Å². The molecule has 0 saturated heterocycles. The van der Waals surface area contributed by atoms with Gasteiger partial charge in [-0.15, -0.1) is 10.2 Å². The predicted molar refractivity (Wildman–Crippen MR) is 166 cm³/mol. The third kappa shape index (κ3) is 6.27. The summed E-state index contributed by atoms with van der Waals surface area (Å²) in [6, 6.07) is 15.0. The van der Waals surface area contributed by atoms with Crippen molar-refractivity contribution in [2.75, 3.05) is 12.4 Å². The first-order valence-corrected chi connectivity index (χ1v) is 14.5. The minimum atomic E-state index is -1.07. The molecule has 0 saturated carbocycles. The van der Waals surface area contributed by atoms with Gasteiger partial charge in [-0.2, -0.15) is 0 Å². The smallest absolute Gasteiger partial charge is 0.411 e. The number of benzene rings is 2. The van der Waals surface area contributed by atoms with Crippen molar-refractivity contribution in [3.05, 3.63) is 88.3 Å². The molecule has 5 rings (SSSR count). The number of fused-ring (bicyclic) bond motifs is 1. The third-order valence-electron chi connectivity index (χ3n) is 7.36. The second-order valence-electron chi connectivity index (χ2n) is 11.4. The van der Waals surface area contributed by atoms with Crippen molar-refractivity contribution in [3.8, 4) is 11.4 Å². The zero-order valence-electron chi connectivity index (χ0n) is 26.2. The fraction of sp³-hybridized carbons (Fsp3) is 0.312. The average Bonchev–Trinajstić information content (AvgIpc) is 3.72. The van der Waals surface area contributed by atoms with Crippen LogP contribution in [0.5, 0.6) is 0 Å². The first kappa shape index (κ1) is 31.8. The molecule has 46 heavy (non-hydrogen) atoms. The SMILES string of the molecule is COC(=O)Nc1c(C)nc(-c2ccccc2)n(CC(=O)N[C@H](C(=O)c2nnc(C(C)(C)c3nc4ccccc4o3)o2)C(C)C)c1=O. The highest BCUT2D eigenvalue weighted by molar-refractivity contribution is 5.98. The number of anilines is 1. The molecule has 14 heteroatoms. The van der Waals surface area contributed by atoms with Gasteiger partial charge in [-0.25, -0.2) is 14.8 Å². The first-order valence-electron chi connectivity index (χ1n) is 14.5. The van der Waals surface area contributed by atoms with Crippen LogP contribution in [0, 0.1) is 12.8 Å². The van der Waals surface area contributed by atoms with Crippen molar-refractivity contribution in [1.82, 2.24) is 30.0 Å². The molecule has 3 heterocycles. The van der Waals surface area contributed by atoms with E-state index < -0.39 is 47.3 Å². The highest BCUT2D eigenvalue weighted by Gasteiger charge is 2.37. The van der Waals surface area contributed by atoms with Gasteiger partial charge >= 0.3 is 6.09 Å². The Labute approximate surface area is 263 Å². The topological polar surface area (TPSA) is 184 Å². The Balaban J connectivity index is 1.41. The monoisotopic (exact) mass is 627 g/mol. The van der Waals surface area contributed by atoms with Crippen molar-refractivity contribution in [3.63, 3.8) is 0 Å². The minimum absolute atomic E-state index is 0.103. The van der Waals surface area contributed by atoms with Gasteiger partial charge in [0, 0.05) is 5.56 Å². The number of oxazole rings is 1. The highest BCUT2D eigenvalue weighted by atomic mass is 16.5. The number of nitrogens with one attached hydrogen (secondary N) is 2. The number of carbonyl (C=O) groups is 3. The maximum atomic E-state index is 13.6. The molecule has 2 aromatic carbocycles.